The molecule has 0 spiro atoms. The summed E-state index contributed by atoms with van der Waals surface area (Å²) in [6.45, 7) is 0.436. The summed E-state index contributed by atoms with van der Waals surface area (Å²) in [5, 5.41) is 9.68. The van der Waals surface area contributed by atoms with Crippen LogP contribution in [0.1, 0.15) is 11.1 Å². The zero-order valence-electron chi connectivity index (χ0n) is 16.8. The number of fused-ring (bicyclic) bond motifs is 1. The number of nitriles is 1. The molecule has 4 rings (SSSR count). The highest BCUT2D eigenvalue weighted by Gasteiger charge is 2.13. The van der Waals surface area contributed by atoms with Gasteiger partial charge in [0.1, 0.15) is 12.7 Å². The molecular weight excluding hydrogens is 619 g/mol. The van der Waals surface area contributed by atoms with Crippen molar-refractivity contribution in [2.24, 2.45) is 0 Å². The maximum atomic E-state index is 9.68. The summed E-state index contributed by atoms with van der Waals surface area (Å²) in [4.78, 5) is 5.17. The zero-order valence-corrected chi connectivity index (χ0v) is 22.2. The van der Waals surface area contributed by atoms with E-state index in [1.807, 2.05) is 66.7 Å². The Morgan fingerprint density at radius 1 is 1.22 bits per heavy atom. The molecule has 1 aromatic heterocycles. The quantitative estimate of drug-likeness (QED) is 0.117. The van der Waals surface area contributed by atoms with Crippen molar-refractivity contribution in [3.8, 4) is 17.6 Å². The second-order valence-electron chi connectivity index (χ2n) is 6.62. The van der Waals surface area contributed by atoms with Crippen molar-refractivity contribution < 1.29 is 9.47 Å². The first-order valence-corrected chi connectivity index (χ1v) is 13.0. The van der Waals surface area contributed by atoms with Crippen LogP contribution >= 0.6 is 61.6 Å². The second kappa shape index (κ2) is 10.7. The number of nitrogens with zero attached hydrogens (tertiary/aromatic N) is 2. The maximum absolute atomic E-state index is 9.68. The number of allylic oxidation sites excluding steroid dienone is 1. The number of thioether (sulfide) groups is 1. The largest absolute Gasteiger partial charge is 0.493 e. The first-order valence-electron chi connectivity index (χ1n) is 9.45. The minimum atomic E-state index is 0.436. The lowest BCUT2D eigenvalue weighted by molar-refractivity contribution is 0.282. The number of methoxy groups -OCH3 is 1. The van der Waals surface area contributed by atoms with Gasteiger partial charge in [-0.3, -0.25) is 0 Å². The molecule has 0 radical (unpaired) electrons. The zero-order chi connectivity index (χ0) is 22.5. The van der Waals surface area contributed by atoms with E-state index >= 15 is 0 Å². The minimum Gasteiger partial charge on any atom is -0.493 e. The van der Waals surface area contributed by atoms with Crippen LogP contribution in [-0.2, 0) is 6.61 Å². The number of halogens is 2. The van der Waals surface area contributed by atoms with Crippen molar-refractivity contribution in [3.05, 3.63) is 84.7 Å². The highest BCUT2D eigenvalue weighted by molar-refractivity contribution is 14.1. The van der Waals surface area contributed by atoms with Gasteiger partial charge in [0.05, 0.1) is 25.8 Å². The molecule has 0 N–H and O–H groups in total. The molecule has 0 bridgehead atoms. The van der Waals surface area contributed by atoms with Gasteiger partial charge in [-0.1, -0.05) is 40.2 Å². The predicted octanol–water partition coefficient (Wildman–Crippen LogP) is 7.91. The highest BCUT2D eigenvalue weighted by atomic mass is 127. The summed E-state index contributed by atoms with van der Waals surface area (Å²) < 4.78 is 15.5. The number of ether oxygens (including phenoxy) is 2. The molecule has 160 valence electrons. The van der Waals surface area contributed by atoms with Gasteiger partial charge in [0, 0.05) is 4.47 Å². The van der Waals surface area contributed by atoms with Crippen molar-refractivity contribution >= 4 is 77.9 Å². The average molecular weight is 635 g/mol. The molecule has 3 aromatic carbocycles. The Hall–Kier alpha value is -2.06. The summed E-state index contributed by atoms with van der Waals surface area (Å²) in [6, 6.07) is 22.1. The third-order valence-electron chi connectivity index (χ3n) is 4.43. The molecule has 0 saturated carbocycles. The Kier molecular flexibility index (Phi) is 7.73. The SMILES string of the molecule is COc1cc(/C=C(\C#N)Sc2nc3ccccc3s2)cc(I)c1OCc1ccc(Br)cc1. The van der Waals surface area contributed by atoms with E-state index in [2.05, 4.69) is 49.6 Å². The lowest BCUT2D eigenvalue weighted by Crippen LogP contribution is -2.00. The third-order valence-corrected chi connectivity index (χ3v) is 7.78. The van der Waals surface area contributed by atoms with E-state index < -0.39 is 0 Å². The lowest BCUT2D eigenvalue weighted by Gasteiger charge is -2.14. The molecule has 4 nitrogen and oxygen atoms in total. The number of thiazole rings is 1. The summed E-state index contributed by atoms with van der Waals surface area (Å²) in [5.41, 5.74) is 2.88. The normalized spacial score (nSPS) is 11.4. The molecule has 0 unspecified atom stereocenters. The summed E-state index contributed by atoms with van der Waals surface area (Å²) in [6.07, 6.45) is 1.85. The topological polar surface area (TPSA) is 55.1 Å². The Balaban J connectivity index is 1.55. The van der Waals surface area contributed by atoms with Crippen LogP contribution in [0.3, 0.4) is 0 Å². The van der Waals surface area contributed by atoms with E-state index in [-0.39, 0.29) is 0 Å². The van der Waals surface area contributed by atoms with Crippen LogP contribution in [0.5, 0.6) is 11.5 Å². The molecule has 0 aliphatic heterocycles. The van der Waals surface area contributed by atoms with Gasteiger partial charge in [-0.25, -0.2) is 4.98 Å². The van der Waals surface area contributed by atoms with Gasteiger partial charge < -0.3 is 9.47 Å². The molecular formula is C24H16BrIN2O2S2. The molecule has 4 aromatic rings. The molecule has 0 amide bonds. The predicted molar refractivity (Wildman–Crippen MR) is 143 cm³/mol. The number of hydrogen-bond acceptors (Lipinski definition) is 6. The van der Waals surface area contributed by atoms with E-state index in [0.29, 0.717) is 23.0 Å². The fourth-order valence-electron chi connectivity index (χ4n) is 2.92. The van der Waals surface area contributed by atoms with E-state index in [4.69, 9.17) is 9.47 Å². The summed E-state index contributed by atoms with van der Waals surface area (Å²) in [7, 11) is 1.62. The lowest BCUT2D eigenvalue weighted by atomic mass is 10.2. The highest BCUT2D eigenvalue weighted by Crippen LogP contribution is 2.38. The molecule has 0 saturated heterocycles. The van der Waals surface area contributed by atoms with Gasteiger partial charge in [-0.2, -0.15) is 5.26 Å². The fourth-order valence-corrected chi connectivity index (χ4v) is 5.94. The van der Waals surface area contributed by atoms with E-state index in [9.17, 15) is 5.26 Å². The minimum absolute atomic E-state index is 0.436. The Bertz CT molecular complexity index is 1300. The first-order chi connectivity index (χ1) is 15.6. The van der Waals surface area contributed by atoms with Gasteiger partial charge in [-0.05, 0) is 88.0 Å². The monoisotopic (exact) mass is 634 g/mol. The number of hydrogen-bond donors (Lipinski definition) is 0. The van der Waals surface area contributed by atoms with Crippen molar-refractivity contribution in [2.45, 2.75) is 10.9 Å². The molecule has 0 aliphatic carbocycles. The third kappa shape index (κ3) is 5.64. The van der Waals surface area contributed by atoms with Crippen LogP contribution in [0.25, 0.3) is 16.3 Å². The summed E-state index contributed by atoms with van der Waals surface area (Å²) >= 11 is 8.63. The number of aromatic nitrogens is 1. The van der Waals surface area contributed by atoms with Gasteiger partial charge in [-0.15, -0.1) is 11.3 Å². The average Bonchev–Trinajstić information content (AvgIpc) is 3.21. The Morgan fingerprint density at radius 3 is 2.72 bits per heavy atom. The van der Waals surface area contributed by atoms with Crippen LogP contribution in [0, 0.1) is 14.9 Å². The van der Waals surface area contributed by atoms with Crippen LogP contribution in [0.15, 0.2) is 74.4 Å². The second-order valence-corrected chi connectivity index (χ2v) is 11.0. The molecule has 0 aliphatic rings. The maximum Gasteiger partial charge on any atom is 0.174 e. The molecule has 1 heterocycles. The number of rotatable bonds is 7. The van der Waals surface area contributed by atoms with Crippen LogP contribution in [0.4, 0.5) is 0 Å². The first kappa shape index (κ1) is 23.1. The smallest absolute Gasteiger partial charge is 0.174 e. The van der Waals surface area contributed by atoms with Crippen molar-refractivity contribution in [1.29, 1.82) is 5.26 Å². The molecule has 32 heavy (non-hydrogen) atoms. The summed E-state index contributed by atoms with van der Waals surface area (Å²) in [5.74, 6) is 1.31. The van der Waals surface area contributed by atoms with Gasteiger partial charge in [0.2, 0.25) is 0 Å². The van der Waals surface area contributed by atoms with Crippen LogP contribution in [-0.4, -0.2) is 12.1 Å². The van der Waals surface area contributed by atoms with Crippen molar-refractivity contribution in [1.82, 2.24) is 4.98 Å². The number of benzene rings is 3. The van der Waals surface area contributed by atoms with Gasteiger partial charge in [0.15, 0.2) is 15.8 Å². The van der Waals surface area contributed by atoms with Crippen molar-refractivity contribution in [2.75, 3.05) is 7.11 Å². The van der Waals surface area contributed by atoms with E-state index in [1.54, 1.807) is 18.4 Å². The fraction of sp³-hybridized carbons (Fsp3) is 0.0833. The Labute approximate surface area is 216 Å². The standard InChI is InChI=1S/C24H16BrIN2O2S2/c1-29-21-12-16(11-19(26)23(21)30-14-15-6-8-17(25)9-7-15)10-18(13-27)31-24-28-20-4-2-3-5-22(20)32-24/h2-12H,14H2,1H3/b18-10+. The molecule has 8 heteroatoms. The molecule has 0 atom stereocenters. The van der Waals surface area contributed by atoms with Crippen LogP contribution in [0.2, 0.25) is 0 Å². The van der Waals surface area contributed by atoms with E-state index in [0.717, 1.165) is 33.7 Å². The van der Waals surface area contributed by atoms with E-state index in [1.165, 1.54) is 11.8 Å². The molecule has 0 fully saturated rings. The van der Waals surface area contributed by atoms with Gasteiger partial charge in [0.25, 0.3) is 0 Å². The van der Waals surface area contributed by atoms with Crippen LogP contribution < -0.4 is 9.47 Å². The Morgan fingerprint density at radius 2 is 2.00 bits per heavy atom. The van der Waals surface area contributed by atoms with Gasteiger partial charge >= 0.3 is 0 Å². The van der Waals surface area contributed by atoms with Crippen molar-refractivity contribution in [3.63, 3.8) is 0 Å². The number of para-hydroxylation sites is 1.